The van der Waals surface area contributed by atoms with Gasteiger partial charge in [0, 0.05) is 18.7 Å². The fraction of sp³-hybridized carbons (Fsp3) is 0.462. The first-order valence-electron chi connectivity index (χ1n) is 6.49. The Morgan fingerprint density at radius 1 is 1.45 bits per heavy atom. The quantitative estimate of drug-likeness (QED) is 0.833. The van der Waals surface area contributed by atoms with Gasteiger partial charge in [-0.3, -0.25) is 4.79 Å². The molecule has 1 amide bonds. The summed E-state index contributed by atoms with van der Waals surface area (Å²) < 4.78 is 27.9. The molecule has 0 aromatic heterocycles. The lowest BCUT2D eigenvalue weighted by atomic mass is 10.1. The van der Waals surface area contributed by atoms with E-state index in [1.54, 1.807) is 6.07 Å². The first-order valence-corrected chi connectivity index (χ1v) is 8.04. The maximum absolute atomic E-state index is 11.9. The molecule has 0 radical (unpaired) electrons. The number of carbonyl (C=O) groups excluding carboxylic acids is 1. The number of hydrogen-bond acceptors (Lipinski definition) is 4. The topological polar surface area (TPSA) is 98.5 Å². The van der Waals surface area contributed by atoms with Crippen molar-refractivity contribution in [1.29, 1.82) is 0 Å². The summed E-state index contributed by atoms with van der Waals surface area (Å²) in [5.41, 5.74) is 0.281. The van der Waals surface area contributed by atoms with E-state index >= 15 is 0 Å². The van der Waals surface area contributed by atoms with Crippen LogP contribution in [0.25, 0.3) is 0 Å². The number of primary sulfonamides is 1. The molecule has 1 aromatic rings. The van der Waals surface area contributed by atoms with E-state index < -0.39 is 10.0 Å². The average molecular weight is 298 g/mol. The van der Waals surface area contributed by atoms with Crippen molar-refractivity contribution in [3.8, 4) is 0 Å². The van der Waals surface area contributed by atoms with Crippen LogP contribution in [-0.2, 0) is 14.8 Å². The van der Waals surface area contributed by atoms with Gasteiger partial charge in [0.1, 0.15) is 0 Å². The second-order valence-corrected chi connectivity index (χ2v) is 6.31. The molecular weight excluding hydrogens is 280 g/mol. The second kappa shape index (κ2) is 6.34. The van der Waals surface area contributed by atoms with Crippen LogP contribution in [0.15, 0.2) is 29.2 Å². The molecule has 3 N–H and O–H groups in total. The standard InChI is InChI=1S/C13H18N2O4S/c14-20(17,18)12-5-1-3-10(9-12)13(16)15-7-6-11-4-2-8-19-11/h1,3,5,9,11H,2,4,6-8H2,(H,15,16)(H2,14,17,18). The first kappa shape index (κ1) is 15.0. The van der Waals surface area contributed by atoms with E-state index in [0.717, 1.165) is 25.9 Å². The zero-order valence-corrected chi connectivity index (χ0v) is 11.9. The van der Waals surface area contributed by atoms with Crippen LogP contribution in [0.3, 0.4) is 0 Å². The SMILES string of the molecule is NS(=O)(=O)c1cccc(C(=O)NCCC2CCCO2)c1. The van der Waals surface area contributed by atoms with E-state index in [4.69, 9.17) is 9.88 Å². The van der Waals surface area contributed by atoms with Crippen LogP contribution in [0.5, 0.6) is 0 Å². The minimum atomic E-state index is -3.79. The molecule has 0 spiro atoms. The second-order valence-electron chi connectivity index (χ2n) is 4.75. The smallest absolute Gasteiger partial charge is 0.251 e. The summed E-state index contributed by atoms with van der Waals surface area (Å²) in [5.74, 6) is -0.312. The van der Waals surface area contributed by atoms with Gasteiger partial charge < -0.3 is 10.1 Å². The molecule has 1 atom stereocenters. The first-order chi connectivity index (χ1) is 9.47. The number of carbonyl (C=O) groups is 1. The molecule has 1 unspecified atom stereocenters. The predicted octanol–water partition coefficient (Wildman–Crippen LogP) is 0.633. The van der Waals surface area contributed by atoms with Crippen LogP contribution in [0.1, 0.15) is 29.6 Å². The zero-order chi connectivity index (χ0) is 14.6. The summed E-state index contributed by atoms with van der Waals surface area (Å²) in [7, 11) is -3.79. The van der Waals surface area contributed by atoms with Crippen LogP contribution < -0.4 is 10.5 Å². The zero-order valence-electron chi connectivity index (χ0n) is 11.0. The maximum atomic E-state index is 11.9. The van der Waals surface area contributed by atoms with Gasteiger partial charge in [-0.15, -0.1) is 0 Å². The summed E-state index contributed by atoms with van der Waals surface area (Å²) >= 11 is 0. The third kappa shape index (κ3) is 4.03. The molecular formula is C13H18N2O4S. The van der Waals surface area contributed by atoms with Crippen LogP contribution in [-0.4, -0.2) is 33.6 Å². The number of nitrogens with one attached hydrogen (secondary N) is 1. The van der Waals surface area contributed by atoms with E-state index in [-0.39, 0.29) is 22.5 Å². The Hall–Kier alpha value is -1.44. The number of rotatable bonds is 5. The lowest BCUT2D eigenvalue weighted by molar-refractivity contribution is 0.0907. The lowest BCUT2D eigenvalue weighted by Crippen LogP contribution is -2.27. The van der Waals surface area contributed by atoms with Crippen molar-refractivity contribution in [1.82, 2.24) is 5.32 Å². The Morgan fingerprint density at radius 2 is 2.25 bits per heavy atom. The molecule has 110 valence electrons. The Labute approximate surface area is 118 Å². The molecule has 6 nitrogen and oxygen atoms in total. The minimum absolute atomic E-state index is 0.0655. The van der Waals surface area contributed by atoms with Crippen LogP contribution in [0.4, 0.5) is 0 Å². The number of amides is 1. The fourth-order valence-corrected chi connectivity index (χ4v) is 2.69. The lowest BCUT2D eigenvalue weighted by Gasteiger charge is -2.10. The van der Waals surface area contributed by atoms with E-state index in [2.05, 4.69) is 5.32 Å². The molecule has 0 saturated carbocycles. The monoisotopic (exact) mass is 298 g/mol. The number of nitrogens with two attached hydrogens (primary N) is 1. The molecule has 20 heavy (non-hydrogen) atoms. The molecule has 1 fully saturated rings. The highest BCUT2D eigenvalue weighted by Crippen LogP contribution is 2.14. The van der Waals surface area contributed by atoms with Crippen molar-refractivity contribution < 1.29 is 17.9 Å². The van der Waals surface area contributed by atoms with Crippen molar-refractivity contribution in [2.45, 2.75) is 30.3 Å². The number of hydrogen-bond donors (Lipinski definition) is 2. The molecule has 7 heteroatoms. The molecule has 0 aliphatic carbocycles. The summed E-state index contributed by atoms with van der Waals surface area (Å²) in [4.78, 5) is 11.8. The Balaban J connectivity index is 1.92. The van der Waals surface area contributed by atoms with Gasteiger partial charge in [-0.05, 0) is 37.5 Å². The van der Waals surface area contributed by atoms with Crippen LogP contribution in [0.2, 0.25) is 0 Å². The van der Waals surface area contributed by atoms with Crippen LogP contribution >= 0.6 is 0 Å². The Kier molecular flexibility index (Phi) is 4.74. The Bertz CT molecular complexity index is 580. The van der Waals surface area contributed by atoms with E-state index in [1.165, 1.54) is 18.2 Å². The summed E-state index contributed by atoms with van der Waals surface area (Å²) in [6.45, 7) is 1.29. The third-order valence-corrected chi connectivity index (χ3v) is 4.11. The molecule has 1 heterocycles. The molecule has 2 rings (SSSR count). The molecule has 1 aliphatic rings. The van der Waals surface area contributed by atoms with Gasteiger partial charge in [0.05, 0.1) is 11.0 Å². The largest absolute Gasteiger partial charge is 0.378 e. The molecule has 1 saturated heterocycles. The number of ether oxygens (including phenoxy) is 1. The van der Waals surface area contributed by atoms with Crippen molar-refractivity contribution in [2.24, 2.45) is 5.14 Å². The third-order valence-electron chi connectivity index (χ3n) is 3.20. The number of benzene rings is 1. The van der Waals surface area contributed by atoms with E-state index in [1.807, 2.05) is 0 Å². The molecule has 0 bridgehead atoms. The summed E-state index contributed by atoms with van der Waals surface area (Å²) in [5, 5.41) is 7.78. The predicted molar refractivity (Wildman–Crippen MR) is 73.7 cm³/mol. The highest BCUT2D eigenvalue weighted by Gasteiger charge is 2.16. The minimum Gasteiger partial charge on any atom is -0.378 e. The van der Waals surface area contributed by atoms with Crippen molar-refractivity contribution in [3.05, 3.63) is 29.8 Å². The van der Waals surface area contributed by atoms with E-state index in [9.17, 15) is 13.2 Å². The fourth-order valence-electron chi connectivity index (χ4n) is 2.14. The average Bonchev–Trinajstić information content (AvgIpc) is 2.91. The van der Waals surface area contributed by atoms with Crippen molar-refractivity contribution in [3.63, 3.8) is 0 Å². The van der Waals surface area contributed by atoms with Crippen molar-refractivity contribution >= 4 is 15.9 Å². The van der Waals surface area contributed by atoms with Crippen molar-refractivity contribution in [2.75, 3.05) is 13.2 Å². The van der Waals surface area contributed by atoms with Gasteiger partial charge in [0.2, 0.25) is 10.0 Å². The van der Waals surface area contributed by atoms with Gasteiger partial charge in [-0.25, -0.2) is 13.6 Å². The maximum Gasteiger partial charge on any atom is 0.251 e. The van der Waals surface area contributed by atoms with Gasteiger partial charge in [0.15, 0.2) is 0 Å². The summed E-state index contributed by atoms with van der Waals surface area (Å²) in [6, 6.07) is 5.68. The van der Waals surface area contributed by atoms with Gasteiger partial charge >= 0.3 is 0 Å². The van der Waals surface area contributed by atoms with Gasteiger partial charge in [-0.2, -0.15) is 0 Å². The Morgan fingerprint density at radius 3 is 2.90 bits per heavy atom. The molecule has 1 aliphatic heterocycles. The normalized spacial score (nSPS) is 18.9. The highest BCUT2D eigenvalue weighted by atomic mass is 32.2. The van der Waals surface area contributed by atoms with Crippen LogP contribution in [0, 0.1) is 0 Å². The number of sulfonamides is 1. The van der Waals surface area contributed by atoms with Gasteiger partial charge in [0.25, 0.3) is 5.91 Å². The van der Waals surface area contributed by atoms with Gasteiger partial charge in [-0.1, -0.05) is 6.07 Å². The summed E-state index contributed by atoms with van der Waals surface area (Å²) in [6.07, 6.45) is 3.07. The van der Waals surface area contributed by atoms with E-state index in [0.29, 0.717) is 6.54 Å². The highest BCUT2D eigenvalue weighted by molar-refractivity contribution is 7.89. The molecule has 1 aromatic carbocycles.